The van der Waals surface area contributed by atoms with E-state index in [0.717, 1.165) is 0 Å². The molecule has 10 nitrogen and oxygen atoms in total. The summed E-state index contributed by atoms with van der Waals surface area (Å²) in [6.07, 6.45) is 2.69. The summed E-state index contributed by atoms with van der Waals surface area (Å²) >= 11 is 0. The number of nitro groups is 1. The van der Waals surface area contributed by atoms with Gasteiger partial charge in [0.2, 0.25) is 0 Å². The summed E-state index contributed by atoms with van der Waals surface area (Å²) in [5.41, 5.74) is 0.709. The van der Waals surface area contributed by atoms with Crippen LogP contribution in [-0.2, 0) is 14.3 Å². The quantitative estimate of drug-likeness (QED) is 0.264. The minimum absolute atomic E-state index is 0.109. The molecule has 0 radical (unpaired) electrons. The van der Waals surface area contributed by atoms with Crippen LogP contribution in [0.4, 0.5) is 11.4 Å². The second-order valence-electron chi connectivity index (χ2n) is 5.97. The molecule has 0 spiro atoms. The van der Waals surface area contributed by atoms with Crippen LogP contribution in [0.2, 0.25) is 0 Å². The predicted molar refractivity (Wildman–Crippen MR) is 112 cm³/mol. The van der Waals surface area contributed by atoms with Crippen LogP contribution in [0.15, 0.2) is 42.5 Å². The van der Waals surface area contributed by atoms with Gasteiger partial charge in [-0.1, -0.05) is 6.07 Å². The van der Waals surface area contributed by atoms with Crippen LogP contribution in [0.25, 0.3) is 6.08 Å². The van der Waals surface area contributed by atoms with E-state index in [1.807, 2.05) is 6.92 Å². The maximum absolute atomic E-state index is 12.0. The SMILES string of the molecule is CCOc1ccc(/C=C/C(=O)OCC(=O)Nc2ccc([N+](=O)[O-])cc2OC)cc1OC. The third kappa shape index (κ3) is 6.74. The van der Waals surface area contributed by atoms with E-state index in [0.29, 0.717) is 23.7 Å². The van der Waals surface area contributed by atoms with Gasteiger partial charge in [0.1, 0.15) is 5.75 Å². The standard InChI is InChI=1S/C21H22N2O8/c1-4-30-17-9-5-14(11-19(17)29-3)6-10-21(25)31-13-20(24)22-16-8-7-15(23(26)27)12-18(16)28-2/h5-12H,4,13H2,1-3H3,(H,22,24)/b10-6+. The molecule has 0 bridgehead atoms. The van der Waals surface area contributed by atoms with Crippen LogP contribution in [0.1, 0.15) is 12.5 Å². The van der Waals surface area contributed by atoms with Crippen molar-refractivity contribution in [3.63, 3.8) is 0 Å². The van der Waals surface area contributed by atoms with Crippen LogP contribution in [0.3, 0.4) is 0 Å². The van der Waals surface area contributed by atoms with Crippen molar-refractivity contribution in [2.24, 2.45) is 0 Å². The van der Waals surface area contributed by atoms with Crippen molar-refractivity contribution in [1.82, 2.24) is 0 Å². The van der Waals surface area contributed by atoms with Crippen LogP contribution < -0.4 is 19.5 Å². The summed E-state index contributed by atoms with van der Waals surface area (Å²) in [5.74, 6) is -0.134. The van der Waals surface area contributed by atoms with Crippen LogP contribution in [0, 0.1) is 10.1 Å². The highest BCUT2D eigenvalue weighted by atomic mass is 16.6. The Morgan fingerprint density at radius 3 is 2.45 bits per heavy atom. The van der Waals surface area contributed by atoms with E-state index in [9.17, 15) is 19.7 Å². The molecule has 2 aromatic rings. The van der Waals surface area contributed by atoms with Crippen LogP contribution in [-0.4, -0.2) is 44.2 Å². The first-order chi connectivity index (χ1) is 14.9. The lowest BCUT2D eigenvalue weighted by Gasteiger charge is -2.10. The van der Waals surface area contributed by atoms with Gasteiger partial charge < -0.3 is 24.3 Å². The predicted octanol–water partition coefficient (Wildman–Crippen LogP) is 3.21. The van der Waals surface area contributed by atoms with E-state index in [4.69, 9.17) is 18.9 Å². The molecule has 1 N–H and O–H groups in total. The van der Waals surface area contributed by atoms with Gasteiger partial charge in [0.05, 0.1) is 37.5 Å². The average molecular weight is 430 g/mol. The minimum Gasteiger partial charge on any atom is -0.494 e. The third-order valence-corrected chi connectivity index (χ3v) is 3.91. The third-order valence-electron chi connectivity index (χ3n) is 3.91. The number of rotatable bonds is 10. The Labute approximate surface area is 178 Å². The molecule has 0 aliphatic rings. The molecule has 0 aromatic heterocycles. The lowest BCUT2D eigenvalue weighted by molar-refractivity contribution is -0.384. The van der Waals surface area contributed by atoms with Crippen molar-refractivity contribution < 1.29 is 33.5 Å². The molecular formula is C21H22N2O8. The Kier molecular flexibility index (Phi) is 8.38. The molecular weight excluding hydrogens is 408 g/mol. The number of hydrogen-bond donors (Lipinski definition) is 1. The van der Waals surface area contributed by atoms with Gasteiger partial charge in [0, 0.05) is 12.1 Å². The summed E-state index contributed by atoms with van der Waals surface area (Å²) in [7, 11) is 2.83. The molecule has 0 fully saturated rings. The first-order valence-corrected chi connectivity index (χ1v) is 9.15. The molecule has 0 aliphatic heterocycles. The van der Waals surface area contributed by atoms with E-state index in [1.54, 1.807) is 18.2 Å². The fourth-order valence-electron chi connectivity index (χ4n) is 2.49. The summed E-state index contributed by atoms with van der Waals surface area (Å²) in [4.78, 5) is 34.2. The fourth-order valence-corrected chi connectivity index (χ4v) is 2.49. The molecule has 0 unspecified atom stereocenters. The highest BCUT2D eigenvalue weighted by molar-refractivity contribution is 5.95. The van der Waals surface area contributed by atoms with E-state index in [1.165, 1.54) is 44.6 Å². The number of hydrogen-bond acceptors (Lipinski definition) is 8. The summed E-state index contributed by atoms with van der Waals surface area (Å²) in [6, 6.07) is 8.88. The largest absolute Gasteiger partial charge is 0.494 e. The van der Waals surface area contributed by atoms with Gasteiger partial charge in [0.25, 0.3) is 11.6 Å². The Bertz CT molecular complexity index is 987. The van der Waals surface area contributed by atoms with Gasteiger partial charge >= 0.3 is 5.97 Å². The molecule has 0 heterocycles. The number of non-ortho nitro benzene ring substituents is 1. The molecule has 0 atom stereocenters. The van der Waals surface area contributed by atoms with Gasteiger partial charge in [0.15, 0.2) is 18.1 Å². The van der Waals surface area contributed by atoms with Gasteiger partial charge in [-0.15, -0.1) is 0 Å². The second-order valence-corrected chi connectivity index (χ2v) is 5.97. The van der Waals surface area contributed by atoms with E-state index < -0.39 is 23.4 Å². The number of anilines is 1. The van der Waals surface area contributed by atoms with Crippen LogP contribution >= 0.6 is 0 Å². The van der Waals surface area contributed by atoms with E-state index in [2.05, 4.69) is 5.32 Å². The van der Waals surface area contributed by atoms with Gasteiger partial charge in [-0.05, 0) is 36.8 Å². The fraction of sp³-hybridized carbons (Fsp3) is 0.238. The number of carbonyl (C=O) groups excluding carboxylic acids is 2. The normalized spacial score (nSPS) is 10.4. The topological polar surface area (TPSA) is 126 Å². The number of nitrogens with zero attached hydrogens (tertiary/aromatic N) is 1. The summed E-state index contributed by atoms with van der Waals surface area (Å²) in [6.45, 7) is 1.80. The minimum atomic E-state index is -0.723. The van der Waals surface area contributed by atoms with Crippen LogP contribution in [0.5, 0.6) is 17.2 Å². The summed E-state index contributed by atoms with van der Waals surface area (Å²) in [5, 5.41) is 13.3. The number of amides is 1. The highest BCUT2D eigenvalue weighted by Crippen LogP contribution is 2.29. The molecule has 0 aliphatic carbocycles. The molecule has 0 saturated heterocycles. The first kappa shape index (κ1) is 23.2. The number of esters is 1. The number of benzene rings is 2. The van der Waals surface area contributed by atoms with Gasteiger partial charge in [-0.25, -0.2) is 4.79 Å². The Morgan fingerprint density at radius 1 is 1.06 bits per heavy atom. The van der Waals surface area contributed by atoms with Crippen molar-refractivity contribution in [2.75, 3.05) is 32.8 Å². The second kappa shape index (κ2) is 11.2. The maximum atomic E-state index is 12.0. The monoisotopic (exact) mass is 430 g/mol. The molecule has 164 valence electrons. The van der Waals surface area contributed by atoms with Crippen molar-refractivity contribution in [3.8, 4) is 17.2 Å². The number of nitro benzene ring substituents is 1. The number of ether oxygens (including phenoxy) is 4. The Morgan fingerprint density at radius 2 is 1.81 bits per heavy atom. The molecule has 2 rings (SSSR count). The van der Waals surface area contributed by atoms with Crippen molar-refractivity contribution >= 4 is 29.3 Å². The van der Waals surface area contributed by atoms with E-state index >= 15 is 0 Å². The Balaban J connectivity index is 1.92. The van der Waals surface area contributed by atoms with Gasteiger partial charge in [-0.3, -0.25) is 14.9 Å². The summed E-state index contributed by atoms with van der Waals surface area (Å²) < 4.78 is 20.6. The molecule has 31 heavy (non-hydrogen) atoms. The van der Waals surface area contributed by atoms with Crippen molar-refractivity contribution in [3.05, 3.63) is 58.2 Å². The number of nitrogens with one attached hydrogen (secondary N) is 1. The van der Waals surface area contributed by atoms with E-state index in [-0.39, 0.29) is 17.1 Å². The zero-order valence-electron chi connectivity index (χ0n) is 17.2. The molecule has 2 aromatic carbocycles. The Hall–Kier alpha value is -4.08. The van der Waals surface area contributed by atoms with Gasteiger partial charge in [-0.2, -0.15) is 0 Å². The molecule has 0 saturated carbocycles. The average Bonchev–Trinajstić information content (AvgIpc) is 2.77. The highest BCUT2D eigenvalue weighted by Gasteiger charge is 2.14. The zero-order chi connectivity index (χ0) is 22.8. The lowest BCUT2D eigenvalue weighted by Crippen LogP contribution is -2.20. The first-order valence-electron chi connectivity index (χ1n) is 9.15. The maximum Gasteiger partial charge on any atom is 0.331 e. The smallest absolute Gasteiger partial charge is 0.331 e. The molecule has 1 amide bonds. The number of carbonyl (C=O) groups is 2. The lowest BCUT2D eigenvalue weighted by atomic mass is 10.2. The zero-order valence-corrected chi connectivity index (χ0v) is 17.2. The van der Waals surface area contributed by atoms with Crippen molar-refractivity contribution in [2.45, 2.75) is 6.92 Å². The number of methoxy groups -OCH3 is 2. The molecule has 10 heteroatoms. The van der Waals surface area contributed by atoms with Crippen molar-refractivity contribution in [1.29, 1.82) is 0 Å².